The van der Waals surface area contributed by atoms with E-state index in [2.05, 4.69) is 0 Å². The smallest absolute Gasteiger partial charge is 0.341 e. The lowest BCUT2D eigenvalue weighted by atomic mass is 9.83. The van der Waals surface area contributed by atoms with Gasteiger partial charge < -0.3 is 54.7 Å². The second kappa shape index (κ2) is 11.2. The Balaban J connectivity index is 1.50. The van der Waals surface area contributed by atoms with Crippen LogP contribution in [-0.4, -0.2) is 104 Å². The molecule has 2 unspecified atom stereocenters. The number of aliphatic hydroxyl groups excluding tert-OH is 4. The molecule has 1 saturated carbocycles. The maximum atomic E-state index is 12.6. The van der Waals surface area contributed by atoms with E-state index in [4.69, 9.17) is 24.1 Å². The molecule has 2 aliphatic heterocycles. The molecule has 2 fully saturated rings. The average molecular weight is 540 g/mol. The first kappa shape index (κ1) is 27.8. The Bertz CT molecular complexity index is 1100. The number of benzene rings is 1. The maximum Gasteiger partial charge on any atom is 0.341 e. The van der Waals surface area contributed by atoms with Crippen LogP contribution >= 0.6 is 0 Å². The molecular formula is C24H28O14. The van der Waals surface area contributed by atoms with Gasteiger partial charge in [-0.3, -0.25) is 0 Å². The number of carbonyl (C=O) groups excluding carboxylic acids is 1. The van der Waals surface area contributed by atoms with Crippen LogP contribution in [0.2, 0.25) is 0 Å². The van der Waals surface area contributed by atoms with Crippen LogP contribution < -0.4 is 0 Å². The molecule has 14 heteroatoms. The van der Waals surface area contributed by atoms with E-state index in [9.17, 15) is 45.0 Å². The van der Waals surface area contributed by atoms with Gasteiger partial charge in [-0.15, -0.1) is 0 Å². The Kier molecular flexibility index (Phi) is 8.20. The number of aliphatic hydroxyl groups is 4. The highest BCUT2D eigenvalue weighted by Crippen LogP contribution is 2.47. The van der Waals surface area contributed by atoms with Crippen molar-refractivity contribution in [3.8, 4) is 5.75 Å². The van der Waals surface area contributed by atoms with E-state index in [0.717, 1.165) is 24.5 Å². The van der Waals surface area contributed by atoms with Gasteiger partial charge in [-0.1, -0.05) is 0 Å². The summed E-state index contributed by atoms with van der Waals surface area (Å²) in [6, 6.07) is 3.15. The summed E-state index contributed by atoms with van der Waals surface area (Å²) < 4.78 is 22.0. The molecule has 0 radical (unpaired) electrons. The van der Waals surface area contributed by atoms with Gasteiger partial charge in [-0.05, 0) is 31.0 Å². The fourth-order valence-electron chi connectivity index (χ4n) is 5.14. The normalized spacial score (nSPS) is 34.5. The van der Waals surface area contributed by atoms with E-state index in [-0.39, 0.29) is 23.3 Å². The summed E-state index contributed by atoms with van der Waals surface area (Å²) >= 11 is 0. The molecule has 38 heavy (non-hydrogen) atoms. The summed E-state index contributed by atoms with van der Waals surface area (Å²) in [7, 11) is 0. The number of aromatic carboxylic acids is 1. The number of esters is 1. The summed E-state index contributed by atoms with van der Waals surface area (Å²) in [4.78, 5) is 35.4. The number of aromatic hydroxyl groups is 1. The SMILES string of the molecule is O=C(O)C1=CO[C@@H](O[C@@H]2O[C@H](CO)[C@@H](O)[C@H](O)[C@H]2O)C2C1CC[C@@H]2COC(=O)c1ccc(C(=O)O)cc1O. The maximum absolute atomic E-state index is 12.6. The Labute approximate surface area is 215 Å². The van der Waals surface area contributed by atoms with Crippen LogP contribution in [-0.2, 0) is 23.7 Å². The van der Waals surface area contributed by atoms with Crippen molar-refractivity contribution in [1.82, 2.24) is 0 Å². The monoisotopic (exact) mass is 540 g/mol. The van der Waals surface area contributed by atoms with Crippen LogP contribution in [0.1, 0.15) is 33.6 Å². The number of ether oxygens (including phenoxy) is 4. The van der Waals surface area contributed by atoms with Gasteiger partial charge in [0.2, 0.25) is 6.29 Å². The van der Waals surface area contributed by atoms with Crippen molar-refractivity contribution in [2.24, 2.45) is 17.8 Å². The van der Waals surface area contributed by atoms with Gasteiger partial charge in [0.1, 0.15) is 35.7 Å². The number of carbonyl (C=O) groups is 3. The van der Waals surface area contributed by atoms with E-state index >= 15 is 0 Å². The second-order valence-electron chi connectivity index (χ2n) is 9.37. The lowest BCUT2D eigenvalue weighted by Gasteiger charge is -2.43. The third-order valence-electron chi connectivity index (χ3n) is 7.16. The van der Waals surface area contributed by atoms with Crippen molar-refractivity contribution >= 4 is 17.9 Å². The fourth-order valence-corrected chi connectivity index (χ4v) is 5.14. The van der Waals surface area contributed by atoms with Crippen molar-refractivity contribution < 1.29 is 69.1 Å². The molecule has 0 amide bonds. The van der Waals surface area contributed by atoms with Crippen molar-refractivity contribution in [3.63, 3.8) is 0 Å². The minimum Gasteiger partial charge on any atom is -0.507 e. The molecular weight excluding hydrogens is 512 g/mol. The minimum atomic E-state index is -1.71. The summed E-state index contributed by atoms with van der Waals surface area (Å²) in [5.41, 5.74) is -0.512. The van der Waals surface area contributed by atoms with Crippen molar-refractivity contribution in [2.75, 3.05) is 13.2 Å². The minimum absolute atomic E-state index is 0.0283. The van der Waals surface area contributed by atoms with E-state index in [1.54, 1.807) is 0 Å². The number of carboxylic acids is 2. The lowest BCUT2D eigenvalue weighted by Crippen LogP contribution is -2.60. The number of hydrogen-bond donors (Lipinski definition) is 7. The van der Waals surface area contributed by atoms with Crippen LogP contribution in [0.3, 0.4) is 0 Å². The first-order valence-corrected chi connectivity index (χ1v) is 11.8. The molecule has 2 heterocycles. The molecule has 4 rings (SSSR count). The fraction of sp³-hybridized carbons (Fsp3) is 0.542. The van der Waals surface area contributed by atoms with Gasteiger partial charge in [0.25, 0.3) is 0 Å². The molecule has 7 N–H and O–H groups in total. The number of phenolic OH excluding ortho intramolecular Hbond substituents is 1. The van der Waals surface area contributed by atoms with E-state index in [0.29, 0.717) is 12.8 Å². The quantitative estimate of drug-likeness (QED) is 0.197. The number of aliphatic carboxylic acids is 1. The Morgan fingerprint density at radius 1 is 0.974 bits per heavy atom. The predicted molar refractivity (Wildman–Crippen MR) is 120 cm³/mol. The van der Waals surface area contributed by atoms with E-state index in [1.165, 1.54) is 0 Å². The molecule has 0 spiro atoms. The number of hydrogen-bond acceptors (Lipinski definition) is 12. The average Bonchev–Trinajstić information content (AvgIpc) is 3.31. The van der Waals surface area contributed by atoms with Gasteiger partial charge >= 0.3 is 17.9 Å². The first-order valence-electron chi connectivity index (χ1n) is 11.8. The van der Waals surface area contributed by atoms with Crippen LogP contribution in [0.5, 0.6) is 5.75 Å². The van der Waals surface area contributed by atoms with Crippen molar-refractivity contribution in [2.45, 2.75) is 49.8 Å². The molecule has 9 atom stereocenters. The van der Waals surface area contributed by atoms with Crippen molar-refractivity contribution in [3.05, 3.63) is 41.2 Å². The topological polar surface area (TPSA) is 230 Å². The van der Waals surface area contributed by atoms with Gasteiger partial charge in [0.05, 0.1) is 30.6 Å². The second-order valence-corrected chi connectivity index (χ2v) is 9.37. The van der Waals surface area contributed by atoms with Crippen molar-refractivity contribution in [1.29, 1.82) is 0 Å². The van der Waals surface area contributed by atoms with Crippen LogP contribution in [0, 0.1) is 17.8 Å². The Morgan fingerprint density at radius 2 is 1.71 bits per heavy atom. The highest BCUT2D eigenvalue weighted by molar-refractivity contribution is 5.95. The third-order valence-corrected chi connectivity index (χ3v) is 7.16. The van der Waals surface area contributed by atoms with E-state index < -0.39 is 85.0 Å². The molecule has 3 aliphatic rings. The molecule has 1 aromatic carbocycles. The number of fused-ring (bicyclic) bond motifs is 1. The summed E-state index contributed by atoms with van der Waals surface area (Å²) in [5.74, 6) is -5.80. The van der Waals surface area contributed by atoms with Crippen LogP contribution in [0.15, 0.2) is 30.0 Å². The number of rotatable bonds is 8. The van der Waals surface area contributed by atoms with Gasteiger partial charge in [0.15, 0.2) is 6.29 Å². The Hall–Kier alpha value is -3.27. The summed E-state index contributed by atoms with van der Waals surface area (Å²) in [6.07, 6.45) is -7.20. The zero-order chi connectivity index (χ0) is 27.7. The molecule has 0 bridgehead atoms. The summed E-state index contributed by atoms with van der Waals surface area (Å²) in [5, 5.41) is 68.5. The highest BCUT2D eigenvalue weighted by atomic mass is 16.8. The molecule has 0 aromatic heterocycles. The van der Waals surface area contributed by atoms with Crippen LogP contribution in [0.25, 0.3) is 0 Å². The first-order chi connectivity index (χ1) is 18.0. The predicted octanol–water partition coefficient (Wildman–Crippen LogP) is -0.969. The van der Waals surface area contributed by atoms with Crippen LogP contribution in [0.4, 0.5) is 0 Å². The zero-order valence-electron chi connectivity index (χ0n) is 19.8. The zero-order valence-corrected chi connectivity index (χ0v) is 19.8. The molecule has 208 valence electrons. The number of carboxylic acid groups (broad SMARTS) is 2. The largest absolute Gasteiger partial charge is 0.507 e. The molecule has 1 aliphatic carbocycles. The molecule has 1 aromatic rings. The molecule has 14 nitrogen and oxygen atoms in total. The van der Waals surface area contributed by atoms with Gasteiger partial charge in [0, 0.05) is 17.8 Å². The third kappa shape index (κ3) is 5.32. The van der Waals surface area contributed by atoms with Gasteiger partial charge in [-0.25, -0.2) is 14.4 Å². The summed E-state index contributed by atoms with van der Waals surface area (Å²) in [6.45, 7) is -0.908. The Morgan fingerprint density at radius 3 is 2.34 bits per heavy atom. The highest BCUT2D eigenvalue weighted by Gasteiger charge is 2.52. The number of phenols is 1. The molecule has 1 saturated heterocycles. The lowest BCUT2D eigenvalue weighted by molar-refractivity contribution is -0.342. The van der Waals surface area contributed by atoms with E-state index in [1.807, 2.05) is 0 Å². The van der Waals surface area contributed by atoms with Gasteiger partial charge in [-0.2, -0.15) is 0 Å². The standard InChI is InChI=1S/C24H28O14/c25-6-15-17(27)18(28)19(29)24(37-15)38-23-16-10(2-3-11(16)13(8-36-23)21(32)33)7-35-22(34)12-4-1-9(20(30)31)5-14(12)26/h1,4-5,8,10-11,15-19,23-29H,2-3,6-7H2,(H,30,31)(H,32,33)/t10-,11?,15-,16?,17-,18+,19-,23+,24+/m1/s1.